The first kappa shape index (κ1) is 17.7. The Morgan fingerprint density at radius 2 is 1.88 bits per heavy atom. The molecule has 2 amide bonds. The summed E-state index contributed by atoms with van der Waals surface area (Å²) in [5.74, 6) is 0.942. The predicted octanol–water partition coefficient (Wildman–Crippen LogP) is 2.82. The number of aryl methyl sites for hydroxylation is 3. The summed E-state index contributed by atoms with van der Waals surface area (Å²) in [4.78, 5) is 12.0. The monoisotopic (exact) mass is 354 g/mol. The third kappa shape index (κ3) is 4.47. The Bertz CT molecular complexity index is 881. The Hall–Kier alpha value is -3.16. The molecule has 0 spiro atoms. The van der Waals surface area contributed by atoms with E-state index < -0.39 is 0 Å². The molecule has 0 unspecified atom stereocenters. The van der Waals surface area contributed by atoms with Gasteiger partial charge in [-0.05, 0) is 37.6 Å². The van der Waals surface area contributed by atoms with Gasteiger partial charge in [0.2, 0.25) is 11.8 Å². The second kappa shape index (κ2) is 7.81. The first-order chi connectivity index (χ1) is 12.5. The Kier molecular flexibility index (Phi) is 5.31. The number of carbonyl (C=O) groups excluding carboxylic acids is 1. The highest BCUT2D eigenvalue weighted by atomic mass is 16.4. The van der Waals surface area contributed by atoms with Crippen molar-refractivity contribution in [2.45, 2.75) is 40.3 Å². The standard InChI is InChI=1S/C18H22N6O2/c1-4-16-21-22-17(26-16)10-19-18(25)20-15-7-5-14(6-8-15)11-24-13(3)9-12(2)23-24/h5-9H,4,10-11H2,1-3H3,(H2,19,20,25). The van der Waals surface area contributed by atoms with Crippen LogP contribution in [-0.2, 0) is 19.5 Å². The van der Waals surface area contributed by atoms with Crippen LogP contribution in [0.3, 0.4) is 0 Å². The van der Waals surface area contributed by atoms with E-state index in [1.807, 2.05) is 55.8 Å². The van der Waals surface area contributed by atoms with Gasteiger partial charge in [0, 0.05) is 17.8 Å². The zero-order valence-corrected chi connectivity index (χ0v) is 15.1. The van der Waals surface area contributed by atoms with Crippen LogP contribution in [0.1, 0.15) is 35.7 Å². The maximum Gasteiger partial charge on any atom is 0.319 e. The number of benzene rings is 1. The Morgan fingerprint density at radius 1 is 1.15 bits per heavy atom. The second-order valence-corrected chi connectivity index (χ2v) is 6.03. The molecule has 8 nitrogen and oxygen atoms in total. The van der Waals surface area contributed by atoms with Gasteiger partial charge in [0.1, 0.15) is 0 Å². The normalized spacial score (nSPS) is 10.7. The van der Waals surface area contributed by atoms with Gasteiger partial charge in [-0.25, -0.2) is 4.79 Å². The average molecular weight is 354 g/mol. The number of nitrogens with zero attached hydrogens (tertiary/aromatic N) is 4. The first-order valence-electron chi connectivity index (χ1n) is 8.49. The second-order valence-electron chi connectivity index (χ2n) is 6.03. The van der Waals surface area contributed by atoms with Crippen LogP contribution in [0.4, 0.5) is 10.5 Å². The van der Waals surface area contributed by atoms with Gasteiger partial charge in [0.05, 0.1) is 18.8 Å². The summed E-state index contributed by atoms with van der Waals surface area (Å²) in [6.45, 7) is 6.83. The highest BCUT2D eigenvalue weighted by Gasteiger charge is 2.07. The topological polar surface area (TPSA) is 97.9 Å². The largest absolute Gasteiger partial charge is 0.423 e. The molecule has 136 valence electrons. The van der Waals surface area contributed by atoms with E-state index in [-0.39, 0.29) is 12.6 Å². The number of aromatic nitrogens is 4. The zero-order valence-electron chi connectivity index (χ0n) is 15.1. The molecule has 3 rings (SSSR count). The number of anilines is 1. The van der Waals surface area contributed by atoms with E-state index >= 15 is 0 Å². The number of carbonyl (C=O) groups is 1. The SMILES string of the molecule is CCc1nnc(CNC(=O)Nc2ccc(Cn3nc(C)cc3C)cc2)o1. The van der Waals surface area contributed by atoms with Crippen LogP contribution in [-0.4, -0.2) is 26.0 Å². The van der Waals surface area contributed by atoms with E-state index in [4.69, 9.17) is 4.42 Å². The van der Waals surface area contributed by atoms with Crippen molar-refractivity contribution in [3.05, 3.63) is 59.1 Å². The molecule has 0 aliphatic heterocycles. The molecule has 0 atom stereocenters. The van der Waals surface area contributed by atoms with Crippen LogP contribution in [0.5, 0.6) is 0 Å². The van der Waals surface area contributed by atoms with Crippen molar-refractivity contribution in [3.8, 4) is 0 Å². The van der Waals surface area contributed by atoms with E-state index in [1.165, 1.54) is 0 Å². The van der Waals surface area contributed by atoms with Crippen LogP contribution >= 0.6 is 0 Å². The van der Waals surface area contributed by atoms with Gasteiger partial charge < -0.3 is 15.1 Å². The van der Waals surface area contributed by atoms with Crippen molar-refractivity contribution in [3.63, 3.8) is 0 Å². The molecule has 0 aliphatic carbocycles. The van der Waals surface area contributed by atoms with E-state index in [1.54, 1.807) is 0 Å². The number of urea groups is 1. The van der Waals surface area contributed by atoms with Gasteiger partial charge >= 0.3 is 6.03 Å². The number of nitrogens with one attached hydrogen (secondary N) is 2. The average Bonchev–Trinajstić information content (AvgIpc) is 3.21. The smallest absolute Gasteiger partial charge is 0.319 e. The maximum atomic E-state index is 12.0. The van der Waals surface area contributed by atoms with Crippen LogP contribution in [0.2, 0.25) is 0 Å². The van der Waals surface area contributed by atoms with Crippen molar-refractivity contribution in [1.82, 2.24) is 25.3 Å². The van der Waals surface area contributed by atoms with E-state index in [2.05, 4.69) is 25.9 Å². The van der Waals surface area contributed by atoms with Crippen LogP contribution in [0.15, 0.2) is 34.7 Å². The summed E-state index contributed by atoms with van der Waals surface area (Å²) >= 11 is 0. The summed E-state index contributed by atoms with van der Waals surface area (Å²) in [6, 6.07) is 9.39. The van der Waals surface area contributed by atoms with E-state index in [0.29, 0.717) is 30.4 Å². The van der Waals surface area contributed by atoms with Gasteiger partial charge in [0.25, 0.3) is 0 Å². The molecule has 0 radical (unpaired) electrons. The lowest BCUT2D eigenvalue weighted by Crippen LogP contribution is -2.28. The van der Waals surface area contributed by atoms with Gasteiger partial charge in [-0.1, -0.05) is 19.1 Å². The molecular weight excluding hydrogens is 332 g/mol. The number of hydrogen-bond acceptors (Lipinski definition) is 5. The molecule has 0 saturated heterocycles. The Labute approximate surface area is 151 Å². The van der Waals surface area contributed by atoms with Gasteiger partial charge in [0.15, 0.2) is 0 Å². The summed E-state index contributed by atoms with van der Waals surface area (Å²) in [5, 5.41) is 17.6. The first-order valence-corrected chi connectivity index (χ1v) is 8.49. The van der Waals surface area contributed by atoms with Crippen LogP contribution in [0, 0.1) is 13.8 Å². The quantitative estimate of drug-likeness (QED) is 0.709. The molecule has 3 aromatic rings. The lowest BCUT2D eigenvalue weighted by molar-refractivity contribution is 0.250. The molecule has 0 bridgehead atoms. The molecule has 2 heterocycles. The van der Waals surface area contributed by atoms with Crippen molar-refractivity contribution < 1.29 is 9.21 Å². The van der Waals surface area contributed by atoms with Crippen molar-refractivity contribution >= 4 is 11.7 Å². The Morgan fingerprint density at radius 3 is 2.50 bits per heavy atom. The number of rotatable bonds is 6. The highest BCUT2D eigenvalue weighted by Crippen LogP contribution is 2.12. The van der Waals surface area contributed by atoms with Crippen LogP contribution in [0.25, 0.3) is 0 Å². The van der Waals surface area contributed by atoms with Gasteiger partial charge in [-0.3, -0.25) is 4.68 Å². The summed E-state index contributed by atoms with van der Waals surface area (Å²) in [7, 11) is 0. The highest BCUT2D eigenvalue weighted by molar-refractivity contribution is 5.89. The lowest BCUT2D eigenvalue weighted by Gasteiger charge is -2.08. The van der Waals surface area contributed by atoms with Crippen molar-refractivity contribution in [2.24, 2.45) is 0 Å². The molecule has 2 N–H and O–H groups in total. The maximum absolute atomic E-state index is 12.0. The third-order valence-corrected chi connectivity index (χ3v) is 3.86. The van der Waals surface area contributed by atoms with Gasteiger partial charge in [-0.15, -0.1) is 10.2 Å². The molecule has 26 heavy (non-hydrogen) atoms. The minimum absolute atomic E-state index is 0.189. The number of hydrogen-bond donors (Lipinski definition) is 2. The third-order valence-electron chi connectivity index (χ3n) is 3.86. The van der Waals surface area contributed by atoms with E-state index in [9.17, 15) is 4.79 Å². The van der Waals surface area contributed by atoms with E-state index in [0.717, 1.165) is 17.0 Å². The molecule has 0 fully saturated rings. The minimum atomic E-state index is -0.326. The summed E-state index contributed by atoms with van der Waals surface area (Å²) in [5.41, 5.74) is 3.95. The molecule has 8 heteroatoms. The fourth-order valence-corrected chi connectivity index (χ4v) is 2.54. The predicted molar refractivity (Wildman–Crippen MR) is 96.8 cm³/mol. The Balaban J connectivity index is 1.51. The fourth-order valence-electron chi connectivity index (χ4n) is 2.54. The summed E-state index contributed by atoms with van der Waals surface area (Å²) in [6.07, 6.45) is 0.670. The fraction of sp³-hybridized carbons (Fsp3) is 0.333. The minimum Gasteiger partial charge on any atom is -0.423 e. The molecular formula is C18H22N6O2. The van der Waals surface area contributed by atoms with Crippen molar-refractivity contribution in [2.75, 3.05) is 5.32 Å². The summed E-state index contributed by atoms with van der Waals surface area (Å²) < 4.78 is 7.30. The zero-order chi connectivity index (χ0) is 18.5. The van der Waals surface area contributed by atoms with Gasteiger partial charge in [-0.2, -0.15) is 5.10 Å². The molecule has 0 saturated carbocycles. The lowest BCUT2D eigenvalue weighted by atomic mass is 10.2. The molecule has 0 aliphatic rings. The van der Waals surface area contributed by atoms with Crippen LogP contribution < -0.4 is 10.6 Å². The molecule has 2 aromatic heterocycles. The molecule has 1 aromatic carbocycles. The number of amides is 2. The van der Waals surface area contributed by atoms with Crippen molar-refractivity contribution in [1.29, 1.82) is 0 Å².